The van der Waals surface area contributed by atoms with E-state index in [1.807, 2.05) is 0 Å². The molecule has 0 aliphatic carbocycles. The number of sulfone groups is 1. The van der Waals surface area contributed by atoms with Gasteiger partial charge < -0.3 is 4.74 Å². The van der Waals surface area contributed by atoms with Crippen molar-refractivity contribution >= 4 is 21.6 Å². The molecule has 1 saturated heterocycles. The second-order valence-electron chi connectivity index (χ2n) is 8.05. The number of amides is 1. The molecule has 0 N–H and O–H groups in total. The first-order chi connectivity index (χ1) is 14.5. The fourth-order valence-corrected chi connectivity index (χ4v) is 4.90. The van der Waals surface area contributed by atoms with Crippen LogP contribution < -0.4 is 4.90 Å². The van der Waals surface area contributed by atoms with Crippen molar-refractivity contribution in [1.29, 1.82) is 0 Å². The molecule has 174 valence electrons. The SMILES string of the molecule is CC(F)(F)c1cccc(S(=O)(=O)C(C)(C)[C@@H]2CN(c3ccc(C(F)(F)F)cc3)C(=O)O2)c1. The van der Waals surface area contributed by atoms with Gasteiger partial charge in [0.1, 0.15) is 10.9 Å². The van der Waals surface area contributed by atoms with Gasteiger partial charge in [0.2, 0.25) is 0 Å². The van der Waals surface area contributed by atoms with Crippen molar-refractivity contribution in [2.45, 2.75) is 48.6 Å². The lowest BCUT2D eigenvalue weighted by atomic mass is 10.1. The number of cyclic esters (lactones) is 1. The maximum Gasteiger partial charge on any atom is 0.416 e. The first kappa shape index (κ1) is 24.0. The summed E-state index contributed by atoms with van der Waals surface area (Å²) in [6.45, 7) is 2.99. The lowest BCUT2D eigenvalue weighted by Gasteiger charge is -2.29. The third kappa shape index (κ3) is 4.30. The average molecular weight is 477 g/mol. The summed E-state index contributed by atoms with van der Waals surface area (Å²) in [5, 5.41) is 0. The highest BCUT2D eigenvalue weighted by Gasteiger charge is 2.50. The molecule has 11 heteroatoms. The zero-order valence-corrected chi connectivity index (χ0v) is 18.1. The van der Waals surface area contributed by atoms with Crippen molar-refractivity contribution in [3.05, 3.63) is 59.7 Å². The second-order valence-corrected chi connectivity index (χ2v) is 10.6. The average Bonchev–Trinajstić information content (AvgIpc) is 3.09. The number of halogens is 5. The highest BCUT2D eigenvalue weighted by Crippen LogP contribution is 2.37. The van der Waals surface area contributed by atoms with Crippen LogP contribution in [0, 0.1) is 0 Å². The van der Waals surface area contributed by atoms with E-state index in [2.05, 4.69) is 0 Å². The number of ether oxygens (including phenoxy) is 1. The number of carbonyl (C=O) groups excluding carboxylic acids is 1. The summed E-state index contributed by atoms with van der Waals surface area (Å²) in [6.07, 6.45) is -6.67. The molecule has 1 atom stereocenters. The number of carbonyl (C=O) groups is 1. The molecule has 1 aliphatic rings. The summed E-state index contributed by atoms with van der Waals surface area (Å²) in [5.74, 6) is -3.26. The lowest BCUT2D eigenvalue weighted by Crippen LogP contribution is -2.46. The van der Waals surface area contributed by atoms with Gasteiger partial charge in [0.25, 0.3) is 5.92 Å². The molecule has 0 saturated carbocycles. The molecular weight excluding hydrogens is 457 g/mol. The standard InChI is InChI=1S/C21H20F5NO4S/c1-19(2,32(29,30)16-6-4-5-14(11-16)20(3,22)23)17-12-27(18(28)31-17)15-9-7-13(8-10-15)21(24,25)26/h4-11,17H,12H2,1-3H3/t17-/m0/s1. The highest BCUT2D eigenvalue weighted by atomic mass is 32.2. The van der Waals surface area contributed by atoms with E-state index < -0.39 is 50.0 Å². The molecule has 0 unspecified atom stereocenters. The van der Waals surface area contributed by atoms with E-state index in [1.165, 1.54) is 26.0 Å². The van der Waals surface area contributed by atoms with Crippen molar-refractivity contribution < 1.29 is 39.9 Å². The van der Waals surface area contributed by atoms with Crippen LogP contribution in [0.2, 0.25) is 0 Å². The van der Waals surface area contributed by atoms with Gasteiger partial charge in [-0.15, -0.1) is 0 Å². The zero-order chi connectivity index (χ0) is 24.1. The molecule has 32 heavy (non-hydrogen) atoms. The fourth-order valence-electron chi connectivity index (χ4n) is 3.28. The summed E-state index contributed by atoms with van der Waals surface area (Å²) in [5.41, 5.74) is -1.28. The number of hydrogen-bond acceptors (Lipinski definition) is 4. The molecule has 5 nitrogen and oxygen atoms in total. The Hall–Kier alpha value is -2.69. The van der Waals surface area contributed by atoms with E-state index in [9.17, 15) is 35.2 Å². The van der Waals surface area contributed by atoms with Crippen LogP contribution in [0.3, 0.4) is 0 Å². The Morgan fingerprint density at radius 2 is 1.53 bits per heavy atom. The molecule has 0 radical (unpaired) electrons. The third-order valence-electron chi connectivity index (χ3n) is 5.44. The molecule has 1 amide bonds. The molecule has 1 fully saturated rings. The van der Waals surface area contributed by atoms with Crippen molar-refractivity contribution in [2.75, 3.05) is 11.4 Å². The van der Waals surface area contributed by atoms with E-state index in [1.54, 1.807) is 0 Å². The number of anilines is 1. The highest BCUT2D eigenvalue weighted by molar-refractivity contribution is 7.92. The monoisotopic (exact) mass is 477 g/mol. The number of benzene rings is 2. The largest absolute Gasteiger partial charge is 0.442 e. The quantitative estimate of drug-likeness (QED) is 0.542. The van der Waals surface area contributed by atoms with Crippen LogP contribution in [0.5, 0.6) is 0 Å². The topological polar surface area (TPSA) is 63.7 Å². The predicted molar refractivity (Wildman–Crippen MR) is 106 cm³/mol. The van der Waals surface area contributed by atoms with Crippen LogP contribution >= 0.6 is 0 Å². The minimum Gasteiger partial charge on any atom is -0.442 e. The van der Waals surface area contributed by atoms with Gasteiger partial charge in [0.15, 0.2) is 9.84 Å². The van der Waals surface area contributed by atoms with Crippen molar-refractivity contribution in [3.63, 3.8) is 0 Å². The van der Waals surface area contributed by atoms with Crippen LogP contribution in [0.1, 0.15) is 31.9 Å². The minimum atomic E-state index is -4.55. The van der Waals surface area contributed by atoms with Gasteiger partial charge in [-0.3, -0.25) is 4.90 Å². The van der Waals surface area contributed by atoms with Crippen LogP contribution in [-0.2, 0) is 26.7 Å². The Balaban J connectivity index is 1.89. The molecule has 1 heterocycles. The van der Waals surface area contributed by atoms with Crippen LogP contribution in [0.15, 0.2) is 53.4 Å². The van der Waals surface area contributed by atoms with Crippen LogP contribution in [0.4, 0.5) is 32.4 Å². The smallest absolute Gasteiger partial charge is 0.416 e. The Labute approximate surface area is 181 Å². The number of nitrogens with zero attached hydrogens (tertiary/aromatic N) is 1. The molecule has 0 aromatic heterocycles. The minimum absolute atomic E-state index is 0.103. The van der Waals surface area contributed by atoms with Crippen molar-refractivity contribution in [1.82, 2.24) is 0 Å². The second kappa shape index (κ2) is 7.72. The summed E-state index contributed by atoms with van der Waals surface area (Å²) in [7, 11) is -4.25. The predicted octanol–water partition coefficient (Wildman–Crippen LogP) is 5.39. The summed E-state index contributed by atoms with van der Waals surface area (Å²) >= 11 is 0. The van der Waals surface area contributed by atoms with Crippen molar-refractivity contribution in [3.8, 4) is 0 Å². The molecule has 0 spiro atoms. The maximum absolute atomic E-state index is 13.7. The van der Waals surface area contributed by atoms with Crippen LogP contribution in [-0.4, -0.2) is 31.9 Å². The van der Waals surface area contributed by atoms with Crippen LogP contribution in [0.25, 0.3) is 0 Å². The van der Waals surface area contributed by atoms with Gasteiger partial charge in [0, 0.05) is 18.2 Å². The first-order valence-corrected chi connectivity index (χ1v) is 10.9. The molecule has 2 aromatic carbocycles. The zero-order valence-electron chi connectivity index (χ0n) is 17.3. The van der Waals surface area contributed by atoms with E-state index in [-0.39, 0.29) is 17.1 Å². The van der Waals surface area contributed by atoms with Gasteiger partial charge in [-0.25, -0.2) is 22.0 Å². The van der Waals surface area contributed by atoms with E-state index in [0.717, 1.165) is 41.3 Å². The van der Waals surface area contributed by atoms with E-state index in [4.69, 9.17) is 4.74 Å². The molecular formula is C21H20F5NO4S. The Bertz CT molecular complexity index is 1120. The normalized spacial score (nSPS) is 18.1. The van der Waals surface area contributed by atoms with Gasteiger partial charge in [-0.1, -0.05) is 12.1 Å². The van der Waals surface area contributed by atoms with Gasteiger partial charge in [-0.2, -0.15) is 13.2 Å². The summed E-state index contributed by atoms with van der Waals surface area (Å²) in [6, 6.07) is 8.13. The van der Waals surface area contributed by atoms with Gasteiger partial charge >= 0.3 is 12.3 Å². The van der Waals surface area contributed by atoms with E-state index in [0.29, 0.717) is 6.92 Å². The number of alkyl halides is 5. The Morgan fingerprint density at radius 3 is 2.06 bits per heavy atom. The summed E-state index contributed by atoms with van der Waals surface area (Å²) < 4.78 is 95.7. The Morgan fingerprint density at radius 1 is 0.938 bits per heavy atom. The number of rotatable bonds is 5. The number of hydrogen-bond donors (Lipinski definition) is 0. The first-order valence-electron chi connectivity index (χ1n) is 9.43. The molecule has 3 rings (SSSR count). The van der Waals surface area contributed by atoms with Gasteiger partial charge in [-0.05, 0) is 50.2 Å². The lowest BCUT2D eigenvalue weighted by molar-refractivity contribution is -0.137. The molecule has 2 aromatic rings. The summed E-state index contributed by atoms with van der Waals surface area (Å²) in [4.78, 5) is 13.0. The fraction of sp³-hybridized carbons (Fsp3) is 0.381. The third-order valence-corrected chi connectivity index (χ3v) is 7.96. The van der Waals surface area contributed by atoms with Crippen molar-refractivity contribution in [2.24, 2.45) is 0 Å². The van der Waals surface area contributed by atoms with Gasteiger partial charge in [0.05, 0.1) is 17.0 Å². The van der Waals surface area contributed by atoms with E-state index >= 15 is 0 Å². The molecule has 0 bridgehead atoms. The maximum atomic E-state index is 13.7. The Kier molecular flexibility index (Phi) is 5.78. The molecule has 1 aliphatic heterocycles.